The molecule has 0 fully saturated rings. The fourth-order valence-electron chi connectivity index (χ4n) is 1.45. The molecule has 0 radical (unpaired) electrons. The molecule has 2 rings (SSSR count). The Morgan fingerprint density at radius 3 is 2.62 bits per heavy atom. The van der Waals surface area contributed by atoms with Gasteiger partial charge in [-0.1, -0.05) is 0 Å². The molecule has 0 unspecified atom stereocenters. The number of nitrogens with zero attached hydrogens (tertiary/aromatic N) is 2. The second-order valence-electron chi connectivity index (χ2n) is 3.04. The SMILES string of the molecule is Cn1nc(C(=O)[O-])c2c(F)cc(F)cc21.[Li+]. The van der Waals surface area contributed by atoms with Crippen molar-refractivity contribution in [2.24, 2.45) is 7.05 Å². The molecule has 1 aromatic heterocycles. The van der Waals surface area contributed by atoms with E-state index >= 15 is 0 Å². The van der Waals surface area contributed by atoms with Crippen LogP contribution in [0.25, 0.3) is 10.9 Å². The van der Waals surface area contributed by atoms with Crippen LogP contribution >= 0.6 is 0 Å². The van der Waals surface area contributed by atoms with E-state index < -0.39 is 23.3 Å². The maximum atomic E-state index is 13.3. The molecule has 0 aliphatic heterocycles. The number of carbonyl (C=O) groups excluding carboxylic acids is 1. The van der Waals surface area contributed by atoms with E-state index in [4.69, 9.17) is 0 Å². The molecule has 16 heavy (non-hydrogen) atoms. The Morgan fingerprint density at radius 1 is 1.44 bits per heavy atom. The van der Waals surface area contributed by atoms with Gasteiger partial charge in [0, 0.05) is 13.1 Å². The van der Waals surface area contributed by atoms with Crippen LogP contribution in [0.2, 0.25) is 0 Å². The van der Waals surface area contributed by atoms with Crippen LogP contribution in [0.3, 0.4) is 0 Å². The smallest absolute Gasteiger partial charge is 0.543 e. The summed E-state index contributed by atoms with van der Waals surface area (Å²) in [6.07, 6.45) is 0. The fraction of sp³-hybridized carbons (Fsp3) is 0.111. The maximum Gasteiger partial charge on any atom is 1.00 e. The fourth-order valence-corrected chi connectivity index (χ4v) is 1.45. The first-order chi connectivity index (χ1) is 7.00. The van der Waals surface area contributed by atoms with Crippen molar-refractivity contribution < 1.29 is 37.5 Å². The minimum Gasteiger partial charge on any atom is -0.543 e. The van der Waals surface area contributed by atoms with Crippen molar-refractivity contribution in [2.75, 3.05) is 0 Å². The second-order valence-corrected chi connectivity index (χ2v) is 3.04. The Balaban J connectivity index is 0.00000128. The number of carbonyl (C=O) groups is 1. The van der Waals surface area contributed by atoms with E-state index in [0.717, 1.165) is 10.7 Å². The molecule has 0 aliphatic carbocycles. The van der Waals surface area contributed by atoms with E-state index in [1.807, 2.05) is 0 Å². The van der Waals surface area contributed by atoms with Crippen LogP contribution in [0, 0.1) is 11.6 Å². The summed E-state index contributed by atoms with van der Waals surface area (Å²) < 4.78 is 27.2. The van der Waals surface area contributed by atoms with E-state index in [1.165, 1.54) is 7.05 Å². The number of halogens is 2. The Kier molecular flexibility index (Phi) is 3.36. The van der Waals surface area contributed by atoms with E-state index in [9.17, 15) is 18.7 Å². The largest absolute Gasteiger partial charge is 1.00 e. The summed E-state index contributed by atoms with van der Waals surface area (Å²) in [6.45, 7) is 0. The standard InChI is InChI=1S/C9H6F2N2O2.Li/c1-13-6-3-4(10)2-5(11)7(6)8(12-13)9(14)15;/h2-3H,1H3,(H,14,15);/q;+1/p-1. The average Bonchev–Trinajstić information content (AvgIpc) is 2.44. The maximum absolute atomic E-state index is 13.3. The summed E-state index contributed by atoms with van der Waals surface area (Å²) in [5, 5.41) is 13.9. The molecule has 1 heterocycles. The molecule has 2 aromatic rings. The molecule has 7 heteroatoms. The third-order valence-electron chi connectivity index (χ3n) is 2.06. The third-order valence-corrected chi connectivity index (χ3v) is 2.06. The van der Waals surface area contributed by atoms with Gasteiger partial charge in [0.15, 0.2) is 0 Å². The number of benzene rings is 1. The monoisotopic (exact) mass is 218 g/mol. The zero-order valence-corrected chi connectivity index (χ0v) is 8.62. The number of aromatic nitrogens is 2. The number of hydrogen-bond donors (Lipinski definition) is 0. The molecule has 0 aliphatic rings. The van der Waals surface area contributed by atoms with Crippen molar-refractivity contribution in [3.63, 3.8) is 0 Å². The molecule has 0 atom stereocenters. The van der Waals surface area contributed by atoms with Crippen LogP contribution in [-0.4, -0.2) is 15.7 Å². The van der Waals surface area contributed by atoms with Gasteiger partial charge in [0.05, 0.1) is 16.9 Å². The van der Waals surface area contributed by atoms with Crippen LogP contribution in [0.4, 0.5) is 8.78 Å². The number of hydrogen-bond acceptors (Lipinski definition) is 3. The van der Waals surface area contributed by atoms with Gasteiger partial charge >= 0.3 is 18.9 Å². The average molecular weight is 218 g/mol. The Labute approximate surface area is 101 Å². The predicted molar refractivity (Wildman–Crippen MR) is 45.0 cm³/mol. The Hall–Kier alpha value is -1.38. The number of fused-ring (bicyclic) bond motifs is 1. The molecule has 4 nitrogen and oxygen atoms in total. The van der Waals surface area contributed by atoms with Crippen LogP contribution in [0.5, 0.6) is 0 Å². The van der Waals surface area contributed by atoms with Gasteiger partial charge in [-0.2, -0.15) is 5.10 Å². The third kappa shape index (κ3) is 1.82. The van der Waals surface area contributed by atoms with Crippen LogP contribution in [-0.2, 0) is 7.05 Å². The van der Waals surface area contributed by atoms with Gasteiger partial charge in [-0.25, -0.2) is 8.78 Å². The van der Waals surface area contributed by atoms with Crippen molar-refractivity contribution in [3.05, 3.63) is 29.5 Å². The second kappa shape index (κ2) is 4.24. The minimum atomic E-state index is -1.59. The van der Waals surface area contributed by atoms with Crippen LogP contribution in [0.1, 0.15) is 10.5 Å². The summed E-state index contributed by atoms with van der Waals surface area (Å²) in [4.78, 5) is 10.6. The zero-order valence-electron chi connectivity index (χ0n) is 8.62. The first-order valence-electron chi connectivity index (χ1n) is 4.04. The summed E-state index contributed by atoms with van der Waals surface area (Å²) in [6, 6.07) is 1.62. The number of aromatic carboxylic acids is 1. The van der Waals surface area contributed by atoms with Crippen LogP contribution in [0.15, 0.2) is 12.1 Å². The first kappa shape index (κ1) is 12.7. The quantitative estimate of drug-likeness (QED) is 0.486. The Morgan fingerprint density at radius 2 is 2.06 bits per heavy atom. The zero-order chi connectivity index (χ0) is 11.2. The van der Waals surface area contributed by atoms with Crippen molar-refractivity contribution >= 4 is 16.9 Å². The van der Waals surface area contributed by atoms with Crippen LogP contribution < -0.4 is 24.0 Å². The molecular formula is C9H5F2LiN2O2. The van der Waals surface area contributed by atoms with Gasteiger partial charge in [0.1, 0.15) is 17.3 Å². The predicted octanol–water partition coefficient (Wildman–Crippen LogP) is -2.78. The van der Waals surface area contributed by atoms with Gasteiger partial charge in [0.25, 0.3) is 0 Å². The molecule has 0 saturated carbocycles. The van der Waals surface area contributed by atoms with Gasteiger partial charge < -0.3 is 9.90 Å². The number of carboxylic acids is 1. The molecule has 78 valence electrons. The summed E-state index contributed by atoms with van der Waals surface area (Å²) in [7, 11) is 1.40. The van der Waals surface area contributed by atoms with Crippen molar-refractivity contribution in [3.8, 4) is 0 Å². The van der Waals surface area contributed by atoms with Crippen molar-refractivity contribution in [1.29, 1.82) is 0 Å². The first-order valence-corrected chi connectivity index (χ1v) is 4.04. The topological polar surface area (TPSA) is 58.0 Å². The van der Waals surface area contributed by atoms with Gasteiger partial charge in [-0.15, -0.1) is 0 Å². The van der Waals surface area contributed by atoms with Crippen molar-refractivity contribution in [1.82, 2.24) is 9.78 Å². The molecular weight excluding hydrogens is 213 g/mol. The Bertz CT molecular complexity index is 568. The van der Waals surface area contributed by atoms with Gasteiger partial charge in [-0.05, 0) is 6.07 Å². The molecule has 0 amide bonds. The minimum absolute atomic E-state index is 0. The summed E-state index contributed by atoms with van der Waals surface area (Å²) in [5.74, 6) is -3.34. The summed E-state index contributed by atoms with van der Waals surface area (Å²) in [5.41, 5.74) is -0.447. The van der Waals surface area contributed by atoms with Crippen molar-refractivity contribution in [2.45, 2.75) is 0 Å². The van der Waals surface area contributed by atoms with Gasteiger partial charge in [-0.3, -0.25) is 4.68 Å². The number of aryl methyl sites for hydroxylation is 1. The number of carboxylic acid groups (broad SMARTS) is 1. The summed E-state index contributed by atoms with van der Waals surface area (Å²) >= 11 is 0. The molecule has 0 bridgehead atoms. The van der Waals surface area contributed by atoms with Gasteiger partial charge in [0.2, 0.25) is 0 Å². The molecule has 0 spiro atoms. The van der Waals surface area contributed by atoms with E-state index in [2.05, 4.69) is 5.10 Å². The normalized spacial score (nSPS) is 10.2. The van der Waals surface area contributed by atoms with E-state index in [-0.39, 0.29) is 29.8 Å². The molecule has 0 saturated heterocycles. The molecule has 1 aromatic carbocycles. The van der Waals surface area contributed by atoms with E-state index in [1.54, 1.807) is 0 Å². The van der Waals surface area contributed by atoms with E-state index in [0.29, 0.717) is 6.07 Å². The molecule has 0 N–H and O–H groups in total. The number of rotatable bonds is 1.